The molecule has 0 spiro atoms. The van der Waals surface area contributed by atoms with Crippen LogP contribution in [0.15, 0.2) is 0 Å². The van der Waals surface area contributed by atoms with Crippen molar-refractivity contribution < 1.29 is 0 Å². The van der Waals surface area contributed by atoms with E-state index in [9.17, 15) is 0 Å². The van der Waals surface area contributed by atoms with Gasteiger partial charge in [-0.3, -0.25) is 0 Å². The molecule has 88 valence electrons. The molecule has 0 amide bonds. The van der Waals surface area contributed by atoms with E-state index in [0.29, 0.717) is 11.9 Å². The van der Waals surface area contributed by atoms with Gasteiger partial charge in [-0.05, 0) is 18.3 Å². The van der Waals surface area contributed by atoms with Crippen molar-refractivity contribution in [3.05, 3.63) is 0 Å². The van der Waals surface area contributed by atoms with Gasteiger partial charge in [-0.15, -0.1) is 0 Å². The molecule has 0 radical (unpaired) electrons. The van der Waals surface area contributed by atoms with Crippen molar-refractivity contribution in [3.8, 4) is 0 Å². The fourth-order valence-corrected chi connectivity index (χ4v) is 1.57. The Morgan fingerprint density at radius 1 is 1.38 bits per heavy atom. The molecule has 1 aromatic heterocycles. The normalized spacial score (nSPS) is 22.9. The van der Waals surface area contributed by atoms with Crippen LogP contribution in [0.2, 0.25) is 0 Å². The highest BCUT2D eigenvalue weighted by molar-refractivity contribution is 5.40. The number of rotatable bonds is 4. The van der Waals surface area contributed by atoms with Crippen LogP contribution in [-0.2, 0) is 0 Å². The molecular formula is C10H18N6. The molecule has 1 aromatic rings. The topological polar surface area (TPSA) is 80.0 Å². The monoisotopic (exact) mass is 222 g/mol. The molecule has 0 saturated heterocycles. The Balaban J connectivity index is 2.02. The van der Waals surface area contributed by atoms with E-state index in [2.05, 4.69) is 27.2 Å². The molecule has 1 heterocycles. The zero-order valence-corrected chi connectivity index (χ0v) is 9.94. The highest BCUT2D eigenvalue weighted by Crippen LogP contribution is 2.37. The van der Waals surface area contributed by atoms with Gasteiger partial charge in [-0.2, -0.15) is 15.0 Å². The zero-order valence-electron chi connectivity index (χ0n) is 9.94. The van der Waals surface area contributed by atoms with Gasteiger partial charge in [0.25, 0.3) is 0 Å². The Bertz CT molecular complexity index is 378. The number of nitrogens with zero attached hydrogens (tertiary/aromatic N) is 4. The second kappa shape index (κ2) is 4.11. The summed E-state index contributed by atoms with van der Waals surface area (Å²) < 4.78 is 0. The molecule has 1 fully saturated rings. The Hall–Kier alpha value is -1.59. The Morgan fingerprint density at radius 3 is 2.62 bits per heavy atom. The fraction of sp³-hybridized carbons (Fsp3) is 0.700. The number of nitrogen functional groups attached to an aromatic ring is 1. The molecule has 0 aromatic carbocycles. The third-order valence-electron chi connectivity index (χ3n) is 2.84. The predicted molar refractivity (Wildman–Crippen MR) is 64.3 cm³/mol. The molecule has 0 aliphatic heterocycles. The van der Waals surface area contributed by atoms with Crippen molar-refractivity contribution in [2.24, 2.45) is 11.8 Å². The third-order valence-corrected chi connectivity index (χ3v) is 2.84. The smallest absolute Gasteiger partial charge is 0.231 e. The Labute approximate surface area is 95.3 Å². The van der Waals surface area contributed by atoms with Gasteiger partial charge in [0.1, 0.15) is 0 Å². The number of anilines is 3. The van der Waals surface area contributed by atoms with E-state index in [-0.39, 0.29) is 5.95 Å². The minimum Gasteiger partial charge on any atom is -0.368 e. The first kappa shape index (κ1) is 10.9. The molecule has 0 bridgehead atoms. The molecule has 2 atom stereocenters. The van der Waals surface area contributed by atoms with Gasteiger partial charge >= 0.3 is 0 Å². The van der Waals surface area contributed by atoms with Crippen molar-refractivity contribution in [1.82, 2.24) is 15.0 Å². The number of hydrogen-bond donors (Lipinski definition) is 2. The molecule has 6 heteroatoms. The quantitative estimate of drug-likeness (QED) is 0.776. The van der Waals surface area contributed by atoms with Gasteiger partial charge in [0.05, 0.1) is 0 Å². The molecule has 1 aliphatic carbocycles. The summed E-state index contributed by atoms with van der Waals surface area (Å²) in [5.41, 5.74) is 5.62. The minimum absolute atomic E-state index is 0.255. The Kier molecular flexibility index (Phi) is 2.80. The SMILES string of the molecule is CC1CC1CNc1nc(N)nc(N(C)C)n1. The van der Waals surface area contributed by atoms with E-state index in [1.807, 2.05) is 19.0 Å². The van der Waals surface area contributed by atoms with Crippen molar-refractivity contribution in [1.29, 1.82) is 0 Å². The first-order chi connectivity index (χ1) is 7.56. The third kappa shape index (κ3) is 2.50. The van der Waals surface area contributed by atoms with Crippen LogP contribution in [0.25, 0.3) is 0 Å². The average Bonchev–Trinajstić information content (AvgIpc) is 2.91. The zero-order chi connectivity index (χ0) is 11.7. The lowest BCUT2D eigenvalue weighted by molar-refractivity contribution is 0.779. The van der Waals surface area contributed by atoms with Gasteiger partial charge in [0.15, 0.2) is 0 Å². The van der Waals surface area contributed by atoms with E-state index in [1.54, 1.807) is 0 Å². The number of nitrogens with one attached hydrogen (secondary N) is 1. The molecule has 1 saturated carbocycles. The summed E-state index contributed by atoms with van der Waals surface area (Å²) >= 11 is 0. The molecule has 1 aliphatic rings. The summed E-state index contributed by atoms with van der Waals surface area (Å²) in [6, 6.07) is 0. The average molecular weight is 222 g/mol. The van der Waals surface area contributed by atoms with Crippen LogP contribution in [0.1, 0.15) is 13.3 Å². The van der Waals surface area contributed by atoms with Crippen molar-refractivity contribution >= 4 is 17.8 Å². The van der Waals surface area contributed by atoms with Gasteiger partial charge < -0.3 is 16.0 Å². The van der Waals surface area contributed by atoms with Gasteiger partial charge in [-0.25, -0.2) is 0 Å². The second-order valence-corrected chi connectivity index (χ2v) is 4.57. The maximum atomic E-state index is 5.62. The molecule has 16 heavy (non-hydrogen) atoms. The summed E-state index contributed by atoms with van der Waals surface area (Å²) in [4.78, 5) is 14.2. The molecule has 6 nitrogen and oxygen atoms in total. The lowest BCUT2D eigenvalue weighted by atomic mass is 10.3. The maximum Gasteiger partial charge on any atom is 0.231 e. The van der Waals surface area contributed by atoms with Crippen LogP contribution in [0.3, 0.4) is 0 Å². The van der Waals surface area contributed by atoms with E-state index < -0.39 is 0 Å². The fourth-order valence-electron chi connectivity index (χ4n) is 1.57. The van der Waals surface area contributed by atoms with Crippen LogP contribution in [0.4, 0.5) is 17.8 Å². The molecular weight excluding hydrogens is 204 g/mol. The van der Waals surface area contributed by atoms with Gasteiger partial charge in [0, 0.05) is 20.6 Å². The first-order valence-electron chi connectivity index (χ1n) is 5.49. The van der Waals surface area contributed by atoms with Crippen molar-refractivity contribution in [2.45, 2.75) is 13.3 Å². The van der Waals surface area contributed by atoms with Crippen LogP contribution >= 0.6 is 0 Å². The number of aromatic nitrogens is 3. The van der Waals surface area contributed by atoms with Crippen LogP contribution < -0.4 is 16.0 Å². The van der Waals surface area contributed by atoms with Crippen molar-refractivity contribution in [2.75, 3.05) is 36.6 Å². The second-order valence-electron chi connectivity index (χ2n) is 4.57. The first-order valence-corrected chi connectivity index (χ1v) is 5.49. The summed E-state index contributed by atoms with van der Waals surface area (Å²) in [5.74, 6) is 2.97. The van der Waals surface area contributed by atoms with Crippen LogP contribution in [0, 0.1) is 11.8 Å². The lowest BCUT2D eigenvalue weighted by Crippen LogP contribution is -2.17. The van der Waals surface area contributed by atoms with Crippen LogP contribution in [-0.4, -0.2) is 35.6 Å². The number of hydrogen-bond acceptors (Lipinski definition) is 6. The van der Waals surface area contributed by atoms with Crippen LogP contribution in [0.5, 0.6) is 0 Å². The maximum absolute atomic E-state index is 5.62. The van der Waals surface area contributed by atoms with E-state index in [0.717, 1.165) is 18.4 Å². The summed E-state index contributed by atoms with van der Waals surface area (Å²) in [7, 11) is 3.75. The molecule has 2 rings (SSSR count). The molecule has 2 unspecified atom stereocenters. The van der Waals surface area contributed by atoms with Crippen molar-refractivity contribution in [3.63, 3.8) is 0 Å². The summed E-state index contributed by atoms with van der Waals surface area (Å²) in [5, 5.41) is 3.20. The Morgan fingerprint density at radius 2 is 2.06 bits per heavy atom. The summed E-state index contributed by atoms with van der Waals surface area (Å²) in [6.07, 6.45) is 1.29. The van der Waals surface area contributed by atoms with E-state index in [1.165, 1.54) is 6.42 Å². The van der Waals surface area contributed by atoms with Gasteiger partial charge in [-0.1, -0.05) is 6.92 Å². The largest absolute Gasteiger partial charge is 0.368 e. The standard InChI is InChI=1S/C10H18N6/c1-6-4-7(6)5-12-9-13-8(11)14-10(15-9)16(2)3/h6-7H,4-5H2,1-3H3,(H3,11,12,13,14,15). The highest BCUT2D eigenvalue weighted by Gasteiger charge is 2.32. The van der Waals surface area contributed by atoms with E-state index >= 15 is 0 Å². The minimum atomic E-state index is 0.255. The predicted octanol–water partition coefficient (Wildman–Crippen LogP) is 0.588. The summed E-state index contributed by atoms with van der Waals surface area (Å²) in [6.45, 7) is 3.16. The molecule has 3 N–H and O–H groups in total. The highest BCUT2D eigenvalue weighted by atomic mass is 15.3. The van der Waals surface area contributed by atoms with E-state index in [4.69, 9.17) is 5.73 Å². The lowest BCUT2D eigenvalue weighted by Gasteiger charge is -2.11. The number of nitrogens with two attached hydrogens (primary N) is 1. The van der Waals surface area contributed by atoms with Gasteiger partial charge in [0.2, 0.25) is 17.8 Å².